The molecule has 0 atom stereocenters. The summed E-state index contributed by atoms with van der Waals surface area (Å²) >= 11 is 0. The van der Waals surface area contributed by atoms with Gasteiger partial charge in [0.1, 0.15) is 12.2 Å². The first-order chi connectivity index (χ1) is 6.17. The molecule has 0 radical (unpaired) electrons. The summed E-state index contributed by atoms with van der Waals surface area (Å²) in [6, 6.07) is 0. The molecule has 0 aromatic carbocycles. The van der Waals surface area contributed by atoms with E-state index in [2.05, 4.69) is 14.8 Å². The molecule has 0 fully saturated rings. The van der Waals surface area contributed by atoms with Crippen molar-refractivity contribution in [3.05, 3.63) is 11.8 Å². The predicted molar refractivity (Wildman–Crippen MR) is 46.0 cm³/mol. The molecule has 0 aliphatic carbocycles. The monoisotopic (exact) mass is 187 g/mol. The van der Waals surface area contributed by atoms with E-state index in [0.29, 0.717) is 0 Å². The molecule has 5 heteroatoms. The van der Waals surface area contributed by atoms with Crippen molar-refractivity contribution in [3.63, 3.8) is 0 Å². The Labute approximate surface area is 76.7 Å². The first-order valence-corrected chi connectivity index (χ1v) is 3.65. The predicted octanol–water partition coefficient (Wildman–Crippen LogP) is -0.522. The Morgan fingerprint density at radius 3 is 2.38 bits per heavy atom. The number of hydrogen-bond donors (Lipinski definition) is 1. The number of esters is 1. The van der Waals surface area contributed by atoms with Gasteiger partial charge in [0, 0.05) is 20.4 Å². The average Bonchev–Trinajstić information content (AvgIpc) is 2.13. The second-order valence-electron chi connectivity index (χ2n) is 2.19. The molecule has 0 unspecified atom stereocenters. The van der Waals surface area contributed by atoms with Crippen LogP contribution in [0.1, 0.15) is 0 Å². The fraction of sp³-hybridized carbons (Fsp3) is 0.500. The van der Waals surface area contributed by atoms with Gasteiger partial charge in [-0.15, -0.1) is 0 Å². The number of carbonyl (C=O) groups excluding carboxylic acids is 2. The van der Waals surface area contributed by atoms with Crippen molar-refractivity contribution in [3.8, 4) is 0 Å². The Morgan fingerprint density at radius 2 is 2.00 bits per heavy atom. The van der Waals surface area contributed by atoms with Crippen molar-refractivity contribution in [2.24, 2.45) is 0 Å². The molecule has 74 valence electrons. The Morgan fingerprint density at radius 1 is 1.38 bits per heavy atom. The topological polar surface area (TPSA) is 64.6 Å². The molecule has 0 heterocycles. The van der Waals surface area contributed by atoms with Crippen molar-refractivity contribution < 1.29 is 19.1 Å². The zero-order chi connectivity index (χ0) is 10.3. The van der Waals surface area contributed by atoms with Gasteiger partial charge in [-0.3, -0.25) is 4.79 Å². The van der Waals surface area contributed by atoms with E-state index in [4.69, 9.17) is 0 Å². The molecular formula is C8H13NO4. The average molecular weight is 187 g/mol. The summed E-state index contributed by atoms with van der Waals surface area (Å²) in [6.07, 6.45) is 1.28. The van der Waals surface area contributed by atoms with E-state index in [-0.39, 0.29) is 12.2 Å². The zero-order valence-electron chi connectivity index (χ0n) is 7.92. The van der Waals surface area contributed by atoms with E-state index in [0.717, 1.165) is 0 Å². The molecule has 0 amide bonds. The maximum absolute atomic E-state index is 11.2. The third-order valence-corrected chi connectivity index (χ3v) is 1.27. The smallest absolute Gasteiger partial charge is 0.343 e. The van der Waals surface area contributed by atoms with Gasteiger partial charge >= 0.3 is 5.97 Å². The molecular weight excluding hydrogens is 174 g/mol. The summed E-state index contributed by atoms with van der Waals surface area (Å²) < 4.78 is 9.01. The van der Waals surface area contributed by atoms with Crippen molar-refractivity contribution in [2.45, 2.75) is 0 Å². The van der Waals surface area contributed by atoms with Crippen LogP contribution in [0.2, 0.25) is 0 Å². The van der Waals surface area contributed by atoms with Crippen LogP contribution in [0.25, 0.3) is 0 Å². The lowest BCUT2D eigenvalue weighted by molar-refractivity contribution is -0.138. The van der Waals surface area contributed by atoms with Gasteiger partial charge in [0.15, 0.2) is 5.78 Å². The minimum Gasteiger partial charge on any atom is -0.465 e. The fourth-order valence-corrected chi connectivity index (χ4v) is 0.716. The minimum absolute atomic E-state index is 0.0492. The maximum Gasteiger partial charge on any atom is 0.343 e. The maximum atomic E-state index is 11.2. The number of ketones is 1. The highest BCUT2D eigenvalue weighted by molar-refractivity contribution is 6.17. The van der Waals surface area contributed by atoms with Crippen molar-refractivity contribution in [1.82, 2.24) is 5.32 Å². The first-order valence-electron chi connectivity index (χ1n) is 3.65. The van der Waals surface area contributed by atoms with E-state index >= 15 is 0 Å². The van der Waals surface area contributed by atoms with Gasteiger partial charge in [-0.2, -0.15) is 0 Å². The lowest BCUT2D eigenvalue weighted by atomic mass is 10.2. The Bertz CT molecular complexity index is 222. The van der Waals surface area contributed by atoms with Crippen LogP contribution in [0.4, 0.5) is 0 Å². The molecule has 0 rings (SSSR count). The van der Waals surface area contributed by atoms with Crippen LogP contribution in [-0.4, -0.2) is 39.6 Å². The quantitative estimate of drug-likeness (QED) is 0.271. The molecule has 5 nitrogen and oxygen atoms in total. The number of Topliss-reactive ketones (excluding diaryl/α,β-unsaturated/α-hetero) is 1. The van der Waals surface area contributed by atoms with Crippen LogP contribution in [-0.2, 0) is 19.1 Å². The van der Waals surface area contributed by atoms with Crippen molar-refractivity contribution in [2.75, 3.05) is 27.9 Å². The highest BCUT2D eigenvalue weighted by atomic mass is 16.5. The van der Waals surface area contributed by atoms with Crippen LogP contribution < -0.4 is 5.32 Å². The number of nitrogens with one attached hydrogen (secondary N) is 1. The van der Waals surface area contributed by atoms with Gasteiger partial charge in [0.25, 0.3) is 0 Å². The van der Waals surface area contributed by atoms with Gasteiger partial charge in [0.2, 0.25) is 0 Å². The molecule has 0 aliphatic heterocycles. The second-order valence-corrected chi connectivity index (χ2v) is 2.19. The second kappa shape index (κ2) is 6.19. The first kappa shape index (κ1) is 11.6. The lowest BCUT2D eigenvalue weighted by Gasteiger charge is -2.03. The van der Waals surface area contributed by atoms with E-state index < -0.39 is 11.8 Å². The van der Waals surface area contributed by atoms with Crippen LogP contribution in [0, 0.1) is 0 Å². The van der Waals surface area contributed by atoms with Gasteiger partial charge in [-0.05, 0) is 0 Å². The summed E-state index contributed by atoms with van der Waals surface area (Å²) in [4.78, 5) is 22.2. The minimum atomic E-state index is -0.670. The Balaban J connectivity index is 4.52. The van der Waals surface area contributed by atoms with Gasteiger partial charge in [-0.25, -0.2) is 4.79 Å². The summed E-state index contributed by atoms with van der Waals surface area (Å²) in [7, 11) is 4.18. The summed E-state index contributed by atoms with van der Waals surface area (Å²) in [5, 5.41) is 2.58. The highest BCUT2D eigenvalue weighted by Gasteiger charge is 2.17. The van der Waals surface area contributed by atoms with Crippen molar-refractivity contribution in [1.29, 1.82) is 0 Å². The van der Waals surface area contributed by atoms with Gasteiger partial charge in [0.05, 0.1) is 7.11 Å². The van der Waals surface area contributed by atoms with Crippen LogP contribution in [0.5, 0.6) is 0 Å². The molecule has 0 aromatic rings. The number of rotatable bonds is 5. The standard InChI is InChI=1S/C8H13NO4/c1-9-4-6(8(11)13-3)7(10)5-12-2/h4,9H,5H2,1-3H3. The lowest BCUT2D eigenvalue weighted by Crippen LogP contribution is -2.20. The van der Waals surface area contributed by atoms with Gasteiger partial charge in [-0.1, -0.05) is 0 Å². The Kier molecular flexibility index (Phi) is 5.54. The van der Waals surface area contributed by atoms with E-state index in [1.165, 1.54) is 20.4 Å². The summed E-state index contributed by atoms with van der Waals surface area (Å²) in [5.41, 5.74) is -0.0492. The number of methoxy groups -OCH3 is 2. The number of ether oxygens (including phenoxy) is 2. The van der Waals surface area contributed by atoms with E-state index in [1.54, 1.807) is 7.05 Å². The van der Waals surface area contributed by atoms with Crippen molar-refractivity contribution >= 4 is 11.8 Å². The normalized spacial score (nSPS) is 10.8. The van der Waals surface area contributed by atoms with Crippen LogP contribution in [0.3, 0.4) is 0 Å². The highest BCUT2D eigenvalue weighted by Crippen LogP contribution is 1.98. The summed E-state index contributed by atoms with van der Waals surface area (Å²) in [5.74, 6) is -1.08. The number of hydrogen-bond acceptors (Lipinski definition) is 5. The molecule has 0 saturated heterocycles. The third-order valence-electron chi connectivity index (χ3n) is 1.27. The molecule has 0 aromatic heterocycles. The molecule has 1 N–H and O–H groups in total. The SMILES string of the molecule is CNC=C(C(=O)COC)C(=O)OC. The van der Waals surface area contributed by atoms with Gasteiger partial charge < -0.3 is 14.8 Å². The Hall–Kier alpha value is -1.36. The summed E-state index contributed by atoms with van der Waals surface area (Å²) in [6.45, 7) is -0.136. The largest absolute Gasteiger partial charge is 0.465 e. The zero-order valence-corrected chi connectivity index (χ0v) is 7.92. The van der Waals surface area contributed by atoms with E-state index in [9.17, 15) is 9.59 Å². The molecule has 0 aliphatic rings. The fourth-order valence-electron chi connectivity index (χ4n) is 0.716. The van der Waals surface area contributed by atoms with E-state index in [1.807, 2.05) is 0 Å². The number of carbonyl (C=O) groups is 2. The van der Waals surface area contributed by atoms with Crippen LogP contribution >= 0.6 is 0 Å². The molecule has 0 bridgehead atoms. The van der Waals surface area contributed by atoms with Crippen LogP contribution in [0.15, 0.2) is 11.8 Å². The molecule has 0 saturated carbocycles. The third kappa shape index (κ3) is 3.71. The molecule has 0 spiro atoms. The molecule has 13 heavy (non-hydrogen) atoms.